The van der Waals surface area contributed by atoms with Gasteiger partial charge < -0.3 is 24.7 Å². The summed E-state index contributed by atoms with van der Waals surface area (Å²) in [5.41, 5.74) is -0.830. The van der Waals surface area contributed by atoms with Gasteiger partial charge in [0.1, 0.15) is 0 Å². The van der Waals surface area contributed by atoms with E-state index in [0.717, 1.165) is 6.20 Å². The lowest BCUT2D eigenvalue weighted by atomic mass is 10.3. The molecule has 0 aliphatic rings. The van der Waals surface area contributed by atoms with Crippen LogP contribution in [0.1, 0.15) is 13.8 Å². The van der Waals surface area contributed by atoms with E-state index in [4.69, 9.17) is 0 Å². The van der Waals surface area contributed by atoms with E-state index in [2.05, 4.69) is 0 Å². The Balaban J connectivity index is 4.70. The maximum atomic E-state index is 10.3. The van der Waals surface area contributed by atoms with Gasteiger partial charge in [0.25, 0.3) is 0 Å². The monoisotopic (exact) mass is 185 g/mol. The SMILES string of the molecule is CCN(C=C(C(=O)[O-])C(=O)[O-])CC. The molecule has 0 fully saturated rings. The summed E-state index contributed by atoms with van der Waals surface area (Å²) in [7, 11) is 0. The molecule has 0 atom stereocenters. The Morgan fingerprint density at radius 1 is 1.15 bits per heavy atom. The van der Waals surface area contributed by atoms with Gasteiger partial charge in [0.2, 0.25) is 0 Å². The van der Waals surface area contributed by atoms with E-state index in [1.165, 1.54) is 4.90 Å². The Morgan fingerprint density at radius 3 is 1.77 bits per heavy atom. The first-order valence-electron chi connectivity index (χ1n) is 3.91. The molecular formula is C8H11NO4-2. The smallest absolute Gasteiger partial charge is 0.0748 e. The van der Waals surface area contributed by atoms with Gasteiger partial charge in [-0.2, -0.15) is 0 Å². The molecule has 13 heavy (non-hydrogen) atoms. The van der Waals surface area contributed by atoms with E-state index in [1.54, 1.807) is 13.8 Å². The second-order valence-electron chi connectivity index (χ2n) is 2.34. The number of carbonyl (C=O) groups excluding carboxylic acids is 2. The van der Waals surface area contributed by atoms with Crippen molar-refractivity contribution in [1.82, 2.24) is 4.90 Å². The second kappa shape index (κ2) is 5.18. The number of carboxylic acids is 2. The molecule has 5 nitrogen and oxygen atoms in total. The van der Waals surface area contributed by atoms with E-state index in [1.807, 2.05) is 0 Å². The van der Waals surface area contributed by atoms with E-state index >= 15 is 0 Å². The summed E-state index contributed by atoms with van der Waals surface area (Å²) in [5.74, 6) is -3.46. The molecule has 0 bridgehead atoms. The highest BCUT2D eigenvalue weighted by atomic mass is 16.4. The molecule has 0 aromatic carbocycles. The van der Waals surface area contributed by atoms with Crippen molar-refractivity contribution in [3.05, 3.63) is 11.8 Å². The Labute approximate surface area is 76.3 Å². The molecule has 0 saturated carbocycles. The van der Waals surface area contributed by atoms with Crippen molar-refractivity contribution in [3.63, 3.8) is 0 Å². The fraction of sp³-hybridized carbons (Fsp3) is 0.500. The molecule has 0 amide bonds. The maximum Gasteiger partial charge on any atom is 0.0748 e. The fourth-order valence-corrected chi connectivity index (χ4v) is 0.777. The molecule has 0 heterocycles. The summed E-state index contributed by atoms with van der Waals surface area (Å²) in [6.07, 6.45) is 1.02. The molecule has 0 spiro atoms. The fourth-order valence-electron chi connectivity index (χ4n) is 0.777. The van der Waals surface area contributed by atoms with Gasteiger partial charge in [-0.1, -0.05) is 0 Å². The molecule has 0 rings (SSSR count). The van der Waals surface area contributed by atoms with Crippen LogP contribution < -0.4 is 10.2 Å². The molecule has 0 unspecified atom stereocenters. The van der Waals surface area contributed by atoms with Gasteiger partial charge in [0.05, 0.1) is 11.9 Å². The molecule has 0 aromatic heterocycles. The Kier molecular flexibility index (Phi) is 4.58. The van der Waals surface area contributed by atoms with Crippen molar-refractivity contribution in [3.8, 4) is 0 Å². The van der Waals surface area contributed by atoms with E-state index < -0.39 is 17.5 Å². The van der Waals surface area contributed by atoms with Crippen LogP contribution in [0.4, 0.5) is 0 Å². The van der Waals surface area contributed by atoms with E-state index in [0.29, 0.717) is 13.1 Å². The van der Waals surface area contributed by atoms with Gasteiger partial charge in [-0.25, -0.2) is 0 Å². The second-order valence-corrected chi connectivity index (χ2v) is 2.34. The van der Waals surface area contributed by atoms with Crippen LogP contribution in [-0.4, -0.2) is 29.9 Å². The summed E-state index contributed by atoms with van der Waals surface area (Å²) in [6, 6.07) is 0. The lowest BCUT2D eigenvalue weighted by Crippen LogP contribution is -2.37. The minimum atomic E-state index is -1.73. The van der Waals surface area contributed by atoms with Crippen LogP contribution >= 0.6 is 0 Å². The first kappa shape index (κ1) is 11.5. The van der Waals surface area contributed by atoms with Crippen molar-refractivity contribution >= 4 is 11.9 Å². The highest BCUT2D eigenvalue weighted by Crippen LogP contribution is 1.96. The molecule has 0 aromatic rings. The number of nitrogens with zero attached hydrogens (tertiary/aromatic N) is 1. The standard InChI is InChI=1S/C8H13NO4/c1-3-9(4-2)5-6(7(10)11)8(12)13/h5H,3-4H2,1-2H3,(H,10,11)(H,12,13)/p-2. The van der Waals surface area contributed by atoms with Crippen LogP contribution in [0.3, 0.4) is 0 Å². The van der Waals surface area contributed by atoms with Gasteiger partial charge in [-0.3, -0.25) is 0 Å². The predicted octanol–water partition coefficient (Wildman–Crippen LogP) is -2.29. The van der Waals surface area contributed by atoms with Gasteiger partial charge in [0.15, 0.2) is 0 Å². The zero-order chi connectivity index (χ0) is 10.4. The van der Waals surface area contributed by atoms with Crippen LogP contribution in [0.15, 0.2) is 11.8 Å². The summed E-state index contributed by atoms with van der Waals surface area (Å²) in [5, 5.41) is 20.6. The maximum absolute atomic E-state index is 10.3. The molecule has 0 N–H and O–H groups in total. The third kappa shape index (κ3) is 3.59. The van der Waals surface area contributed by atoms with Crippen molar-refractivity contribution < 1.29 is 19.8 Å². The minimum absolute atomic E-state index is 0.528. The zero-order valence-corrected chi connectivity index (χ0v) is 7.57. The van der Waals surface area contributed by atoms with Crippen molar-refractivity contribution in [2.24, 2.45) is 0 Å². The van der Waals surface area contributed by atoms with Crippen LogP contribution in [0.5, 0.6) is 0 Å². The molecule has 74 valence electrons. The van der Waals surface area contributed by atoms with Gasteiger partial charge in [-0.15, -0.1) is 0 Å². The average Bonchev–Trinajstić information content (AvgIpc) is 2.05. The normalized spacial score (nSPS) is 9.08. The molecule has 5 heteroatoms. The Bertz CT molecular complexity index is 214. The number of carbonyl (C=O) groups is 2. The number of carboxylic acid groups (broad SMARTS) is 2. The largest absolute Gasteiger partial charge is 0.545 e. The zero-order valence-electron chi connectivity index (χ0n) is 7.57. The number of rotatable bonds is 5. The Morgan fingerprint density at radius 2 is 1.54 bits per heavy atom. The topological polar surface area (TPSA) is 83.5 Å². The van der Waals surface area contributed by atoms with E-state index in [-0.39, 0.29) is 0 Å². The molecular weight excluding hydrogens is 174 g/mol. The highest BCUT2D eigenvalue weighted by Gasteiger charge is 2.01. The number of aliphatic carboxylic acids is 2. The number of hydrogen-bond acceptors (Lipinski definition) is 5. The predicted molar refractivity (Wildman–Crippen MR) is 41.0 cm³/mol. The summed E-state index contributed by atoms with van der Waals surface area (Å²) in [4.78, 5) is 22.1. The Hall–Kier alpha value is -1.52. The van der Waals surface area contributed by atoms with Crippen LogP contribution in [0.25, 0.3) is 0 Å². The quantitative estimate of drug-likeness (QED) is 0.273. The third-order valence-corrected chi connectivity index (χ3v) is 1.56. The van der Waals surface area contributed by atoms with Gasteiger partial charge in [-0.05, 0) is 13.8 Å². The van der Waals surface area contributed by atoms with Crippen molar-refractivity contribution in [2.75, 3.05) is 13.1 Å². The van der Waals surface area contributed by atoms with Gasteiger partial charge in [0, 0.05) is 24.9 Å². The van der Waals surface area contributed by atoms with Gasteiger partial charge >= 0.3 is 0 Å². The first-order chi connectivity index (χ1) is 6.02. The lowest BCUT2D eigenvalue weighted by Gasteiger charge is -2.19. The number of hydrogen-bond donors (Lipinski definition) is 0. The first-order valence-corrected chi connectivity index (χ1v) is 3.91. The highest BCUT2D eigenvalue weighted by molar-refractivity contribution is 6.10. The summed E-state index contributed by atoms with van der Waals surface area (Å²) >= 11 is 0. The van der Waals surface area contributed by atoms with E-state index in [9.17, 15) is 19.8 Å². The van der Waals surface area contributed by atoms with Crippen molar-refractivity contribution in [2.45, 2.75) is 13.8 Å². The van der Waals surface area contributed by atoms with Crippen molar-refractivity contribution in [1.29, 1.82) is 0 Å². The molecule has 0 aliphatic heterocycles. The lowest BCUT2D eigenvalue weighted by molar-refractivity contribution is -0.312. The average molecular weight is 185 g/mol. The summed E-state index contributed by atoms with van der Waals surface area (Å²) < 4.78 is 0. The van der Waals surface area contributed by atoms with Crippen LogP contribution in [-0.2, 0) is 9.59 Å². The van der Waals surface area contributed by atoms with Crippen LogP contribution in [0, 0.1) is 0 Å². The molecule has 0 saturated heterocycles. The van der Waals surface area contributed by atoms with Crippen LogP contribution in [0.2, 0.25) is 0 Å². The third-order valence-electron chi connectivity index (χ3n) is 1.56. The minimum Gasteiger partial charge on any atom is -0.545 e. The molecule has 0 radical (unpaired) electrons. The summed E-state index contributed by atoms with van der Waals surface area (Å²) in [6.45, 7) is 4.62. The molecule has 0 aliphatic carbocycles.